The van der Waals surface area contributed by atoms with Crippen LogP contribution in [0.3, 0.4) is 0 Å². The molecule has 1 unspecified atom stereocenters. The second-order valence-electron chi connectivity index (χ2n) is 5.45. The fourth-order valence-electron chi connectivity index (χ4n) is 2.37. The van der Waals surface area contributed by atoms with Crippen molar-refractivity contribution in [3.8, 4) is 0 Å². The molecule has 2 rings (SSSR count). The highest BCUT2D eigenvalue weighted by atomic mass is 16.2. The van der Waals surface area contributed by atoms with Gasteiger partial charge in [0.15, 0.2) is 12.3 Å². The van der Waals surface area contributed by atoms with Crippen LogP contribution in [0.25, 0.3) is 0 Å². The molecule has 22 heavy (non-hydrogen) atoms. The normalized spacial score (nSPS) is 11.7. The molecule has 0 radical (unpaired) electrons. The van der Waals surface area contributed by atoms with Crippen molar-refractivity contribution in [3.63, 3.8) is 0 Å². The fraction of sp³-hybridized carbons (Fsp3) is 0.222. The molecular weight excluding hydrogens is 276 g/mol. The maximum atomic E-state index is 12.1. The predicted octanol–water partition coefficient (Wildman–Crippen LogP) is 1.54. The summed E-state index contributed by atoms with van der Waals surface area (Å²) in [6.07, 6.45) is 0. The van der Waals surface area contributed by atoms with Gasteiger partial charge in [0.2, 0.25) is 0 Å². The van der Waals surface area contributed by atoms with Gasteiger partial charge in [0.1, 0.15) is 6.54 Å². The fourth-order valence-corrected chi connectivity index (χ4v) is 2.37. The Bertz CT molecular complexity index is 653. The number of anilines is 1. The number of amides is 1. The number of quaternary nitrogens is 1. The van der Waals surface area contributed by atoms with Gasteiger partial charge < -0.3 is 10.2 Å². The molecule has 1 atom stereocenters. The van der Waals surface area contributed by atoms with Gasteiger partial charge in [-0.15, -0.1) is 0 Å². The SMILES string of the molecule is CC(=O)c1ccccc1NC(=O)C[NH+](C)Cc1ccccc1. The van der Waals surface area contributed by atoms with Crippen molar-refractivity contribution in [2.75, 3.05) is 18.9 Å². The minimum absolute atomic E-state index is 0.0547. The molecule has 0 aromatic heterocycles. The third-order valence-corrected chi connectivity index (χ3v) is 3.39. The molecule has 2 aromatic carbocycles. The lowest BCUT2D eigenvalue weighted by atomic mass is 10.1. The van der Waals surface area contributed by atoms with Crippen LogP contribution < -0.4 is 10.2 Å². The molecular formula is C18H21N2O2+. The molecule has 0 fully saturated rings. The van der Waals surface area contributed by atoms with Crippen molar-refractivity contribution in [2.45, 2.75) is 13.5 Å². The molecule has 0 saturated heterocycles. The molecule has 4 nitrogen and oxygen atoms in total. The van der Waals surface area contributed by atoms with Gasteiger partial charge in [0.25, 0.3) is 5.91 Å². The minimum Gasteiger partial charge on any atom is -0.326 e. The zero-order chi connectivity index (χ0) is 15.9. The van der Waals surface area contributed by atoms with Gasteiger partial charge in [0, 0.05) is 11.1 Å². The lowest BCUT2D eigenvalue weighted by molar-refractivity contribution is -0.885. The Labute approximate surface area is 130 Å². The summed E-state index contributed by atoms with van der Waals surface area (Å²) >= 11 is 0. The molecule has 0 spiro atoms. The summed E-state index contributed by atoms with van der Waals surface area (Å²) in [5, 5.41) is 2.83. The maximum absolute atomic E-state index is 12.1. The van der Waals surface area contributed by atoms with Gasteiger partial charge in [-0.1, -0.05) is 42.5 Å². The van der Waals surface area contributed by atoms with E-state index in [1.807, 2.05) is 43.4 Å². The van der Waals surface area contributed by atoms with E-state index in [4.69, 9.17) is 0 Å². The standard InChI is InChI=1S/C18H20N2O2/c1-14(21)16-10-6-7-11-17(16)19-18(22)13-20(2)12-15-8-4-3-5-9-15/h3-11H,12-13H2,1-2H3,(H,19,22)/p+1. The topological polar surface area (TPSA) is 50.6 Å². The number of carbonyl (C=O) groups excluding carboxylic acids is 2. The average molecular weight is 297 g/mol. The van der Waals surface area contributed by atoms with E-state index in [0.717, 1.165) is 11.4 Å². The van der Waals surface area contributed by atoms with Crippen LogP contribution in [0.15, 0.2) is 54.6 Å². The third-order valence-electron chi connectivity index (χ3n) is 3.39. The van der Waals surface area contributed by atoms with Crippen LogP contribution in [0.5, 0.6) is 0 Å². The Hall–Kier alpha value is -2.46. The number of carbonyl (C=O) groups is 2. The van der Waals surface area contributed by atoms with Crippen LogP contribution in [0, 0.1) is 0 Å². The molecule has 2 N–H and O–H groups in total. The van der Waals surface area contributed by atoms with Gasteiger partial charge >= 0.3 is 0 Å². The Morgan fingerprint density at radius 2 is 1.64 bits per heavy atom. The predicted molar refractivity (Wildman–Crippen MR) is 87.0 cm³/mol. The average Bonchev–Trinajstić information content (AvgIpc) is 2.48. The van der Waals surface area contributed by atoms with E-state index in [1.165, 1.54) is 12.5 Å². The van der Waals surface area contributed by atoms with E-state index < -0.39 is 0 Å². The number of benzene rings is 2. The Kier molecular flexibility index (Phi) is 5.44. The summed E-state index contributed by atoms with van der Waals surface area (Å²) in [6.45, 7) is 2.63. The first-order valence-corrected chi connectivity index (χ1v) is 7.31. The van der Waals surface area contributed by atoms with Gasteiger partial charge in [-0.2, -0.15) is 0 Å². The van der Waals surface area contributed by atoms with Crippen molar-refractivity contribution in [2.24, 2.45) is 0 Å². The van der Waals surface area contributed by atoms with E-state index in [2.05, 4.69) is 5.32 Å². The van der Waals surface area contributed by atoms with Crippen LogP contribution in [0.1, 0.15) is 22.8 Å². The second-order valence-corrected chi connectivity index (χ2v) is 5.45. The number of likely N-dealkylation sites (N-methyl/N-ethyl adjacent to an activating group) is 1. The van der Waals surface area contributed by atoms with Gasteiger partial charge in [-0.25, -0.2) is 0 Å². The molecule has 4 heteroatoms. The van der Waals surface area contributed by atoms with Gasteiger partial charge in [0.05, 0.1) is 12.7 Å². The van der Waals surface area contributed by atoms with E-state index in [-0.39, 0.29) is 11.7 Å². The van der Waals surface area contributed by atoms with Crippen LogP contribution in [-0.4, -0.2) is 25.3 Å². The highest BCUT2D eigenvalue weighted by Crippen LogP contribution is 2.15. The van der Waals surface area contributed by atoms with Crippen molar-refractivity contribution < 1.29 is 14.5 Å². The first kappa shape index (κ1) is 15.9. The lowest BCUT2D eigenvalue weighted by Crippen LogP contribution is -3.08. The second kappa shape index (κ2) is 7.52. The quantitative estimate of drug-likeness (QED) is 0.795. The minimum atomic E-state index is -0.0952. The van der Waals surface area contributed by atoms with Gasteiger partial charge in [-0.05, 0) is 19.1 Å². The van der Waals surface area contributed by atoms with Crippen molar-refractivity contribution >= 4 is 17.4 Å². The molecule has 2 aromatic rings. The molecule has 1 amide bonds. The third kappa shape index (κ3) is 4.53. The number of Topliss-reactive ketones (excluding diaryl/α,β-unsaturated/α-hetero) is 1. The van der Waals surface area contributed by atoms with Gasteiger partial charge in [-0.3, -0.25) is 9.59 Å². The monoisotopic (exact) mass is 297 g/mol. The van der Waals surface area contributed by atoms with Crippen molar-refractivity contribution in [1.29, 1.82) is 0 Å². The van der Waals surface area contributed by atoms with E-state index in [1.54, 1.807) is 18.2 Å². The summed E-state index contributed by atoms with van der Waals surface area (Å²) in [6, 6.07) is 17.1. The van der Waals surface area contributed by atoms with Crippen molar-refractivity contribution in [3.05, 3.63) is 65.7 Å². The van der Waals surface area contributed by atoms with E-state index in [9.17, 15) is 9.59 Å². The summed E-state index contributed by atoms with van der Waals surface area (Å²) in [5.41, 5.74) is 2.31. The summed E-state index contributed by atoms with van der Waals surface area (Å²) < 4.78 is 0. The number of hydrogen-bond acceptors (Lipinski definition) is 2. The molecule has 0 heterocycles. The molecule has 0 aliphatic rings. The van der Waals surface area contributed by atoms with E-state index >= 15 is 0 Å². The Morgan fingerprint density at radius 3 is 2.32 bits per heavy atom. The molecule has 0 bridgehead atoms. The molecule has 114 valence electrons. The zero-order valence-electron chi connectivity index (χ0n) is 12.9. The number of ketones is 1. The first-order chi connectivity index (χ1) is 10.6. The maximum Gasteiger partial charge on any atom is 0.279 e. The highest BCUT2D eigenvalue weighted by Gasteiger charge is 2.13. The largest absolute Gasteiger partial charge is 0.326 e. The Morgan fingerprint density at radius 1 is 1.00 bits per heavy atom. The van der Waals surface area contributed by atoms with Crippen LogP contribution >= 0.6 is 0 Å². The molecule has 0 aliphatic carbocycles. The highest BCUT2D eigenvalue weighted by molar-refractivity contribution is 6.03. The summed E-state index contributed by atoms with van der Waals surface area (Å²) in [4.78, 5) is 24.8. The van der Waals surface area contributed by atoms with Crippen LogP contribution in [0.4, 0.5) is 5.69 Å². The first-order valence-electron chi connectivity index (χ1n) is 7.31. The molecule has 0 saturated carbocycles. The smallest absolute Gasteiger partial charge is 0.279 e. The van der Waals surface area contributed by atoms with E-state index in [0.29, 0.717) is 17.8 Å². The van der Waals surface area contributed by atoms with Crippen LogP contribution in [-0.2, 0) is 11.3 Å². The zero-order valence-corrected chi connectivity index (χ0v) is 12.9. The number of nitrogens with one attached hydrogen (secondary N) is 2. The summed E-state index contributed by atoms with van der Waals surface area (Å²) in [7, 11) is 1.98. The number of para-hydroxylation sites is 1. The number of hydrogen-bond donors (Lipinski definition) is 2. The number of rotatable bonds is 6. The lowest BCUT2D eigenvalue weighted by Gasteiger charge is -2.14. The van der Waals surface area contributed by atoms with Crippen LogP contribution in [0.2, 0.25) is 0 Å². The Balaban J connectivity index is 1.94. The van der Waals surface area contributed by atoms with Crippen molar-refractivity contribution in [1.82, 2.24) is 0 Å². The molecule has 0 aliphatic heterocycles. The summed E-state index contributed by atoms with van der Waals surface area (Å²) in [5.74, 6) is -0.150.